The zero-order valence-corrected chi connectivity index (χ0v) is 16.8. The Balaban J connectivity index is 1.59. The van der Waals surface area contributed by atoms with Crippen molar-refractivity contribution in [3.63, 3.8) is 0 Å². The van der Waals surface area contributed by atoms with Crippen molar-refractivity contribution in [1.29, 1.82) is 0 Å². The van der Waals surface area contributed by atoms with Gasteiger partial charge >= 0.3 is 0 Å². The lowest BCUT2D eigenvalue weighted by Gasteiger charge is -2.13. The van der Waals surface area contributed by atoms with Crippen molar-refractivity contribution in [2.45, 2.75) is 25.8 Å². The van der Waals surface area contributed by atoms with E-state index in [1.54, 1.807) is 7.11 Å². The minimum absolute atomic E-state index is 0.00781. The maximum absolute atomic E-state index is 12.3. The van der Waals surface area contributed by atoms with E-state index >= 15 is 0 Å². The molecule has 1 unspecified atom stereocenters. The summed E-state index contributed by atoms with van der Waals surface area (Å²) in [4.78, 5) is 12.3. The molecule has 0 fully saturated rings. The normalized spacial score (nSPS) is 11.8. The Morgan fingerprint density at radius 3 is 2.61 bits per heavy atom. The lowest BCUT2D eigenvalue weighted by atomic mass is 10.0. The first-order chi connectivity index (χ1) is 13.6. The average Bonchev–Trinajstić information content (AvgIpc) is 3.11. The summed E-state index contributed by atoms with van der Waals surface area (Å²) in [6, 6.07) is 17.7. The third-order valence-corrected chi connectivity index (χ3v) is 4.95. The van der Waals surface area contributed by atoms with E-state index in [1.807, 2.05) is 47.0 Å². The molecule has 28 heavy (non-hydrogen) atoms. The van der Waals surface area contributed by atoms with Crippen LogP contribution in [0.5, 0.6) is 5.75 Å². The summed E-state index contributed by atoms with van der Waals surface area (Å²) in [5, 5.41) is 10.1. The third-order valence-electron chi connectivity index (χ3n) is 4.64. The summed E-state index contributed by atoms with van der Waals surface area (Å²) in [6.45, 7) is 3.16. The van der Waals surface area contributed by atoms with Gasteiger partial charge in [0.1, 0.15) is 5.75 Å². The number of aromatic nitrogens is 3. The molecule has 0 aliphatic rings. The number of methoxy groups -OCH3 is 1. The summed E-state index contributed by atoms with van der Waals surface area (Å²) >= 11 is 5.33. The Morgan fingerprint density at radius 1 is 1.21 bits per heavy atom. The smallest absolute Gasteiger partial charge is 0.221 e. The monoisotopic (exact) mass is 396 g/mol. The zero-order chi connectivity index (χ0) is 19.9. The van der Waals surface area contributed by atoms with Gasteiger partial charge in [0, 0.05) is 25.1 Å². The fourth-order valence-corrected chi connectivity index (χ4v) is 3.18. The number of rotatable bonds is 8. The van der Waals surface area contributed by atoms with Gasteiger partial charge in [0.05, 0.1) is 7.11 Å². The first-order valence-corrected chi connectivity index (χ1v) is 9.60. The predicted molar refractivity (Wildman–Crippen MR) is 112 cm³/mol. The second-order valence-electron chi connectivity index (χ2n) is 6.60. The SMILES string of the molecule is COc1ccc(-c2n[nH]c(=S)n2CCC(=O)NCC(C)c2ccccc2)cc1. The van der Waals surface area contributed by atoms with Crippen LogP contribution in [0.4, 0.5) is 0 Å². The van der Waals surface area contributed by atoms with Crippen molar-refractivity contribution < 1.29 is 9.53 Å². The second kappa shape index (κ2) is 9.32. The molecule has 3 aromatic rings. The Morgan fingerprint density at radius 2 is 1.93 bits per heavy atom. The molecule has 146 valence electrons. The number of nitrogens with zero attached hydrogens (tertiary/aromatic N) is 2. The lowest BCUT2D eigenvalue weighted by molar-refractivity contribution is -0.121. The number of ether oxygens (including phenoxy) is 1. The standard InChI is InChI=1S/C21H24N4O2S/c1-15(16-6-4-3-5-7-16)14-22-19(26)12-13-25-20(23-24-21(25)28)17-8-10-18(27-2)11-9-17/h3-11,15H,12-14H2,1-2H3,(H,22,26)(H,24,28). The maximum atomic E-state index is 12.3. The predicted octanol–water partition coefficient (Wildman–Crippen LogP) is 3.93. The molecule has 1 aromatic heterocycles. The summed E-state index contributed by atoms with van der Waals surface area (Å²) in [5.74, 6) is 1.73. The van der Waals surface area contributed by atoms with Gasteiger partial charge in [-0.25, -0.2) is 0 Å². The van der Waals surface area contributed by atoms with E-state index in [9.17, 15) is 4.79 Å². The van der Waals surface area contributed by atoms with Gasteiger partial charge in [-0.15, -0.1) is 0 Å². The van der Waals surface area contributed by atoms with E-state index in [1.165, 1.54) is 5.56 Å². The molecule has 0 saturated heterocycles. The quantitative estimate of drug-likeness (QED) is 0.566. The van der Waals surface area contributed by atoms with Crippen LogP contribution in [0.3, 0.4) is 0 Å². The highest BCUT2D eigenvalue weighted by Crippen LogP contribution is 2.21. The first-order valence-electron chi connectivity index (χ1n) is 9.19. The Bertz CT molecular complexity index is 964. The fourth-order valence-electron chi connectivity index (χ4n) is 2.95. The molecule has 1 atom stereocenters. The number of hydrogen-bond acceptors (Lipinski definition) is 4. The largest absolute Gasteiger partial charge is 0.497 e. The number of aromatic amines is 1. The van der Waals surface area contributed by atoms with E-state index < -0.39 is 0 Å². The van der Waals surface area contributed by atoms with Crippen LogP contribution in [0.15, 0.2) is 54.6 Å². The molecule has 1 heterocycles. The van der Waals surface area contributed by atoms with Crippen molar-refractivity contribution in [2.24, 2.45) is 0 Å². The van der Waals surface area contributed by atoms with Gasteiger partial charge in [-0.2, -0.15) is 5.10 Å². The fraction of sp³-hybridized carbons (Fsp3) is 0.286. The van der Waals surface area contributed by atoms with Gasteiger partial charge in [-0.3, -0.25) is 14.5 Å². The van der Waals surface area contributed by atoms with Gasteiger partial charge in [0.15, 0.2) is 10.6 Å². The van der Waals surface area contributed by atoms with Crippen LogP contribution in [0.25, 0.3) is 11.4 Å². The van der Waals surface area contributed by atoms with E-state index in [2.05, 4.69) is 34.6 Å². The van der Waals surface area contributed by atoms with E-state index in [4.69, 9.17) is 17.0 Å². The van der Waals surface area contributed by atoms with Crippen LogP contribution in [0, 0.1) is 4.77 Å². The van der Waals surface area contributed by atoms with Crippen LogP contribution in [-0.2, 0) is 11.3 Å². The molecule has 0 bridgehead atoms. The molecule has 0 spiro atoms. The molecule has 0 aliphatic carbocycles. The Hall–Kier alpha value is -2.93. The first kappa shape index (κ1) is 19.8. The second-order valence-corrected chi connectivity index (χ2v) is 6.99. The maximum Gasteiger partial charge on any atom is 0.221 e. The van der Waals surface area contributed by atoms with Crippen LogP contribution >= 0.6 is 12.2 Å². The highest BCUT2D eigenvalue weighted by molar-refractivity contribution is 7.71. The van der Waals surface area contributed by atoms with Gasteiger partial charge in [-0.1, -0.05) is 37.3 Å². The summed E-state index contributed by atoms with van der Waals surface area (Å²) in [7, 11) is 1.63. The zero-order valence-electron chi connectivity index (χ0n) is 16.0. The molecular weight excluding hydrogens is 372 g/mol. The van der Waals surface area contributed by atoms with Gasteiger partial charge < -0.3 is 10.1 Å². The lowest BCUT2D eigenvalue weighted by Crippen LogP contribution is -2.28. The van der Waals surface area contributed by atoms with Crippen molar-refractivity contribution in [1.82, 2.24) is 20.1 Å². The third kappa shape index (κ3) is 4.86. The van der Waals surface area contributed by atoms with Crippen LogP contribution < -0.4 is 10.1 Å². The summed E-state index contributed by atoms with van der Waals surface area (Å²) < 4.78 is 7.53. The van der Waals surface area contributed by atoms with Crippen LogP contribution in [0.2, 0.25) is 0 Å². The number of carbonyl (C=O) groups excluding carboxylic acids is 1. The van der Waals surface area contributed by atoms with E-state index in [0.717, 1.165) is 11.3 Å². The highest BCUT2D eigenvalue weighted by Gasteiger charge is 2.12. The Labute approximate surface area is 169 Å². The van der Waals surface area contributed by atoms with E-state index in [0.29, 0.717) is 30.1 Å². The number of hydrogen-bond donors (Lipinski definition) is 2. The summed E-state index contributed by atoms with van der Waals surface area (Å²) in [5.41, 5.74) is 2.12. The number of nitrogens with one attached hydrogen (secondary N) is 2. The number of amides is 1. The van der Waals surface area contributed by atoms with Gasteiger partial charge in [0.2, 0.25) is 5.91 Å². The molecule has 6 nitrogen and oxygen atoms in total. The van der Waals surface area contributed by atoms with Crippen molar-refractivity contribution in [3.05, 3.63) is 64.9 Å². The van der Waals surface area contributed by atoms with Crippen molar-refractivity contribution >= 4 is 18.1 Å². The van der Waals surface area contributed by atoms with Crippen molar-refractivity contribution in [3.8, 4) is 17.1 Å². The minimum Gasteiger partial charge on any atom is -0.497 e. The van der Waals surface area contributed by atoms with Gasteiger partial charge in [0.25, 0.3) is 0 Å². The molecular formula is C21H24N4O2S. The Kier molecular flexibility index (Phi) is 6.60. The molecule has 0 aliphatic heterocycles. The molecule has 0 radical (unpaired) electrons. The number of benzene rings is 2. The minimum atomic E-state index is -0.00781. The molecule has 7 heteroatoms. The van der Waals surface area contributed by atoms with Crippen LogP contribution in [-0.4, -0.2) is 34.3 Å². The van der Waals surface area contributed by atoms with Crippen molar-refractivity contribution in [2.75, 3.05) is 13.7 Å². The van der Waals surface area contributed by atoms with Gasteiger partial charge in [-0.05, 0) is 48.0 Å². The number of carbonyl (C=O) groups is 1. The molecule has 1 amide bonds. The van der Waals surface area contributed by atoms with Crippen LogP contribution in [0.1, 0.15) is 24.8 Å². The molecule has 3 rings (SSSR count). The van der Waals surface area contributed by atoms with E-state index in [-0.39, 0.29) is 11.8 Å². The molecule has 0 saturated carbocycles. The molecule has 2 aromatic carbocycles. The summed E-state index contributed by atoms with van der Waals surface area (Å²) in [6.07, 6.45) is 0.332. The number of H-pyrrole nitrogens is 1. The molecule has 2 N–H and O–H groups in total. The average molecular weight is 397 g/mol. The topological polar surface area (TPSA) is 71.9 Å². The highest BCUT2D eigenvalue weighted by atomic mass is 32.1.